The van der Waals surface area contributed by atoms with Crippen LogP contribution < -0.4 is 11.5 Å². The van der Waals surface area contributed by atoms with Gasteiger partial charge < -0.3 is 21.7 Å². The highest BCUT2D eigenvalue weighted by Crippen LogP contribution is 2.39. The molecule has 0 saturated carbocycles. The number of aryl methyl sites for hydroxylation is 2. The Morgan fingerprint density at radius 2 is 1.20 bits per heavy atom. The van der Waals surface area contributed by atoms with Crippen molar-refractivity contribution >= 4 is 34.7 Å². The van der Waals surface area contributed by atoms with Crippen LogP contribution in [-0.4, -0.2) is 22.1 Å². The first kappa shape index (κ1) is 47.3. The molecule has 6 rings (SSSR count). The fraction of sp³-hybridized carbons (Fsp3) is 0.345. The molecule has 0 aliphatic rings. The first-order valence-corrected chi connectivity index (χ1v) is 23.4. The second-order valence-electron chi connectivity index (χ2n) is 18.6. The quantitative estimate of drug-likeness (QED) is 0.0509. The molecule has 0 amide bonds. The van der Waals surface area contributed by atoms with Crippen molar-refractivity contribution in [3.05, 3.63) is 176 Å². The van der Waals surface area contributed by atoms with Crippen molar-refractivity contribution in [3.8, 4) is 11.5 Å². The number of benzene rings is 6. The van der Waals surface area contributed by atoms with Gasteiger partial charge in [0.05, 0.1) is 11.4 Å². The van der Waals surface area contributed by atoms with Crippen LogP contribution >= 0.6 is 0 Å². The van der Waals surface area contributed by atoms with Crippen LogP contribution in [0, 0.1) is 0 Å². The Bertz CT molecular complexity index is 2570. The molecule has 64 heavy (non-hydrogen) atoms. The molecule has 6 aromatic carbocycles. The van der Waals surface area contributed by atoms with Gasteiger partial charge in [0.15, 0.2) is 0 Å². The molecular weight excluding hydrogens is 785 g/mol. The number of aromatic hydroxyl groups is 2. The Balaban J connectivity index is 1.19. The zero-order valence-corrected chi connectivity index (χ0v) is 39.7. The van der Waals surface area contributed by atoms with E-state index in [1.807, 2.05) is 24.3 Å². The number of nitrogens with two attached hydrogens (primary N) is 2. The smallest absolute Gasteiger partial charge is 0.116 e. The van der Waals surface area contributed by atoms with E-state index in [1.165, 1.54) is 55.6 Å². The molecule has 6 N–H and O–H groups in total. The summed E-state index contributed by atoms with van der Waals surface area (Å²) in [5.74, 6) is 1.67. The van der Waals surface area contributed by atoms with E-state index < -0.39 is 0 Å². The average molecular weight is 855 g/mol. The molecule has 0 fully saturated rings. The van der Waals surface area contributed by atoms with Crippen molar-refractivity contribution in [3.63, 3.8) is 0 Å². The molecule has 0 spiro atoms. The zero-order valence-electron chi connectivity index (χ0n) is 39.7. The molecule has 6 nitrogen and oxygen atoms in total. The van der Waals surface area contributed by atoms with Crippen LogP contribution in [0.5, 0.6) is 11.5 Å². The number of rotatable bonds is 18. The van der Waals surface area contributed by atoms with Crippen molar-refractivity contribution in [2.24, 2.45) is 9.98 Å². The maximum atomic E-state index is 9.93. The lowest BCUT2D eigenvalue weighted by Gasteiger charge is -2.23. The third-order valence-electron chi connectivity index (χ3n) is 12.6. The SMILES string of the molecule is CCC(=Nc1c(C(C)C)cc(Cc2cc(C(C)C)c(N)c(C(C)CCCc3cc(Cc4ccc(N=Cc5cccc(O)c5)c(CC)c4)ccc3N)c2)cc1C(C)C)c1ccc(O)cc1. The van der Waals surface area contributed by atoms with E-state index in [0.717, 1.165) is 84.5 Å². The minimum Gasteiger partial charge on any atom is -0.508 e. The number of aliphatic imine (C=N–C) groups is 2. The maximum Gasteiger partial charge on any atom is 0.116 e. The fourth-order valence-corrected chi connectivity index (χ4v) is 8.86. The minimum absolute atomic E-state index is 0.235. The molecule has 0 heterocycles. The van der Waals surface area contributed by atoms with E-state index in [0.29, 0.717) is 17.8 Å². The second kappa shape index (κ2) is 21.5. The monoisotopic (exact) mass is 855 g/mol. The third kappa shape index (κ3) is 11.9. The fourth-order valence-electron chi connectivity index (χ4n) is 8.86. The standard InChI is InChI=1S/C58H70N4O2/c1-10-45-28-41(19-25-56(45)61-35-42-15-13-17-49(64)30-42)26-40-18-24-54(59)47(29-40)16-12-14-39(9)53-34-43(31-50(36(3)4)57(53)60)27-44-32-51(37(5)6)58(52(33-44)38(7)8)62-55(11-2)46-20-22-48(63)23-21-46/h13,15,17-25,28-39,63-64H,10-12,14,16,26-27,59-60H2,1-9H3. The number of phenolic OH excluding ortho intramolecular Hbond substituents is 2. The summed E-state index contributed by atoms with van der Waals surface area (Å²) in [6.45, 7) is 20.2. The van der Waals surface area contributed by atoms with Gasteiger partial charge in [-0.15, -0.1) is 0 Å². The molecule has 0 saturated heterocycles. The normalized spacial score (nSPS) is 12.6. The number of anilines is 2. The van der Waals surface area contributed by atoms with Gasteiger partial charge in [0.1, 0.15) is 11.5 Å². The van der Waals surface area contributed by atoms with Crippen molar-refractivity contribution in [2.75, 3.05) is 11.5 Å². The lowest BCUT2D eigenvalue weighted by molar-refractivity contribution is 0.474. The lowest BCUT2D eigenvalue weighted by atomic mass is 9.85. The Kier molecular flexibility index (Phi) is 15.9. The van der Waals surface area contributed by atoms with Gasteiger partial charge >= 0.3 is 0 Å². The molecule has 1 unspecified atom stereocenters. The maximum absolute atomic E-state index is 9.93. The van der Waals surface area contributed by atoms with Crippen LogP contribution in [0.3, 0.4) is 0 Å². The van der Waals surface area contributed by atoms with Gasteiger partial charge in [-0.25, -0.2) is 0 Å². The molecule has 0 radical (unpaired) electrons. The topological polar surface area (TPSA) is 117 Å². The summed E-state index contributed by atoms with van der Waals surface area (Å²) in [6, 6.07) is 37.0. The van der Waals surface area contributed by atoms with Crippen LogP contribution in [0.2, 0.25) is 0 Å². The average Bonchev–Trinajstić information content (AvgIpc) is 3.26. The van der Waals surface area contributed by atoms with Crippen molar-refractivity contribution < 1.29 is 10.2 Å². The summed E-state index contributed by atoms with van der Waals surface area (Å²) in [6.07, 6.45) is 8.03. The minimum atomic E-state index is 0.235. The molecule has 0 aliphatic heterocycles. The molecule has 1 atom stereocenters. The van der Waals surface area contributed by atoms with Gasteiger partial charge in [0, 0.05) is 23.3 Å². The van der Waals surface area contributed by atoms with Crippen molar-refractivity contribution in [2.45, 2.75) is 131 Å². The lowest BCUT2D eigenvalue weighted by Crippen LogP contribution is -2.08. The highest BCUT2D eigenvalue weighted by Gasteiger charge is 2.20. The van der Waals surface area contributed by atoms with Crippen LogP contribution in [0.4, 0.5) is 22.7 Å². The van der Waals surface area contributed by atoms with Gasteiger partial charge in [0.25, 0.3) is 0 Å². The van der Waals surface area contributed by atoms with Crippen LogP contribution in [-0.2, 0) is 25.7 Å². The predicted molar refractivity (Wildman–Crippen MR) is 273 cm³/mol. The Morgan fingerprint density at radius 1 is 0.609 bits per heavy atom. The first-order chi connectivity index (χ1) is 30.6. The van der Waals surface area contributed by atoms with Gasteiger partial charge in [-0.05, 0) is 184 Å². The van der Waals surface area contributed by atoms with Gasteiger partial charge in [-0.2, -0.15) is 0 Å². The molecule has 6 aromatic rings. The molecule has 6 heteroatoms. The Morgan fingerprint density at radius 3 is 1.81 bits per heavy atom. The number of nitrogens with zero attached hydrogens (tertiary/aromatic N) is 2. The van der Waals surface area contributed by atoms with Gasteiger partial charge in [-0.3, -0.25) is 9.98 Å². The summed E-state index contributed by atoms with van der Waals surface area (Å²) < 4.78 is 0. The van der Waals surface area contributed by atoms with Crippen molar-refractivity contribution in [1.82, 2.24) is 0 Å². The second-order valence-corrected chi connectivity index (χ2v) is 18.6. The van der Waals surface area contributed by atoms with E-state index in [-0.39, 0.29) is 17.4 Å². The molecule has 0 bridgehead atoms. The van der Waals surface area contributed by atoms with E-state index in [2.05, 4.69) is 123 Å². The van der Waals surface area contributed by atoms with Crippen LogP contribution in [0.15, 0.2) is 119 Å². The Labute approximate surface area is 383 Å². The summed E-state index contributed by atoms with van der Waals surface area (Å²) in [5, 5.41) is 19.8. The first-order valence-electron chi connectivity index (χ1n) is 23.4. The summed E-state index contributed by atoms with van der Waals surface area (Å²) in [7, 11) is 0. The van der Waals surface area contributed by atoms with Crippen molar-refractivity contribution in [1.29, 1.82) is 0 Å². The predicted octanol–water partition coefficient (Wildman–Crippen LogP) is 14.8. The molecular formula is C58H70N4O2. The molecule has 0 aliphatic carbocycles. The number of phenols is 2. The third-order valence-corrected chi connectivity index (χ3v) is 12.6. The largest absolute Gasteiger partial charge is 0.508 e. The summed E-state index contributed by atoms with van der Waals surface area (Å²) in [5.41, 5.74) is 32.8. The highest BCUT2D eigenvalue weighted by atomic mass is 16.3. The van der Waals surface area contributed by atoms with E-state index >= 15 is 0 Å². The molecule has 0 aromatic heterocycles. The number of hydrogen-bond donors (Lipinski definition) is 4. The number of hydrogen-bond acceptors (Lipinski definition) is 6. The Hall–Kier alpha value is -6.14. The summed E-state index contributed by atoms with van der Waals surface area (Å²) >= 11 is 0. The summed E-state index contributed by atoms with van der Waals surface area (Å²) in [4.78, 5) is 10.1. The van der Waals surface area contributed by atoms with E-state index in [4.69, 9.17) is 21.5 Å². The van der Waals surface area contributed by atoms with Crippen LogP contribution in [0.25, 0.3) is 0 Å². The van der Waals surface area contributed by atoms with Crippen LogP contribution in [0.1, 0.15) is 172 Å². The highest BCUT2D eigenvalue weighted by molar-refractivity contribution is 6.02. The number of nitrogen functional groups attached to an aromatic ring is 2. The molecule has 334 valence electrons. The van der Waals surface area contributed by atoms with Gasteiger partial charge in [0.2, 0.25) is 0 Å². The zero-order chi connectivity index (χ0) is 46.1. The van der Waals surface area contributed by atoms with Gasteiger partial charge in [-0.1, -0.05) is 123 Å². The van der Waals surface area contributed by atoms with E-state index in [9.17, 15) is 10.2 Å². The van der Waals surface area contributed by atoms with E-state index in [1.54, 1.807) is 30.5 Å².